The van der Waals surface area contributed by atoms with E-state index in [2.05, 4.69) is 10.3 Å². The van der Waals surface area contributed by atoms with Crippen LogP contribution >= 0.6 is 0 Å². The van der Waals surface area contributed by atoms with Gasteiger partial charge in [0.25, 0.3) is 5.91 Å². The Morgan fingerprint density at radius 1 is 1.00 bits per heavy atom. The van der Waals surface area contributed by atoms with E-state index in [0.29, 0.717) is 11.4 Å². The van der Waals surface area contributed by atoms with Crippen LogP contribution in [0.2, 0.25) is 0 Å². The number of nitrogens with zero attached hydrogens (tertiary/aromatic N) is 2. The third-order valence-corrected chi connectivity index (χ3v) is 5.03. The predicted molar refractivity (Wildman–Crippen MR) is 108 cm³/mol. The lowest BCUT2D eigenvalue weighted by molar-refractivity contribution is 0.0726. The number of anilines is 2. The number of hydrogen-bond acceptors (Lipinski definition) is 4. The number of nitrogens with one attached hydrogen (secondary N) is 1. The van der Waals surface area contributed by atoms with Crippen molar-refractivity contribution in [3.63, 3.8) is 0 Å². The molecular formula is C22H23N3O2. The average Bonchev–Trinajstić information content (AvgIpc) is 2.74. The number of pyridine rings is 1. The summed E-state index contributed by atoms with van der Waals surface area (Å²) >= 11 is 0. The van der Waals surface area contributed by atoms with Crippen LogP contribution in [0.15, 0.2) is 54.7 Å². The normalized spacial score (nSPS) is 14.2. The van der Waals surface area contributed by atoms with Gasteiger partial charge in [-0.3, -0.25) is 4.79 Å². The number of benzene rings is 2. The molecule has 4 rings (SSSR count). The Hall–Kier alpha value is -3.08. The van der Waals surface area contributed by atoms with Gasteiger partial charge >= 0.3 is 0 Å². The highest BCUT2D eigenvalue weighted by Gasteiger charge is 2.21. The van der Waals surface area contributed by atoms with Gasteiger partial charge in [0.05, 0.1) is 18.4 Å². The summed E-state index contributed by atoms with van der Waals surface area (Å²) in [5, 5.41) is 5.19. The maximum absolute atomic E-state index is 13.0. The van der Waals surface area contributed by atoms with Crippen LogP contribution in [0.1, 0.15) is 29.6 Å². The van der Waals surface area contributed by atoms with Crippen molar-refractivity contribution < 1.29 is 9.53 Å². The molecule has 0 saturated carbocycles. The second-order valence-corrected chi connectivity index (χ2v) is 6.74. The van der Waals surface area contributed by atoms with Crippen molar-refractivity contribution in [2.75, 3.05) is 25.5 Å². The quantitative estimate of drug-likeness (QED) is 0.737. The van der Waals surface area contributed by atoms with Gasteiger partial charge in [-0.05, 0) is 36.8 Å². The van der Waals surface area contributed by atoms with Gasteiger partial charge in [0.15, 0.2) is 0 Å². The van der Waals surface area contributed by atoms with Gasteiger partial charge in [0.2, 0.25) is 0 Å². The lowest BCUT2D eigenvalue weighted by Crippen LogP contribution is -2.35. The second-order valence-electron chi connectivity index (χ2n) is 6.74. The molecule has 138 valence electrons. The fraction of sp³-hybridized carbons (Fsp3) is 0.273. The molecule has 0 atom stereocenters. The largest absolute Gasteiger partial charge is 0.495 e. The van der Waals surface area contributed by atoms with Gasteiger partial charge in [-0.15, -0.1) is 0 Å². The van der Waals surface area contributed by atoms with Crippen LogP contribution in [0, 0.1) is 0 Å². The van der Waals surface area contributed by atoms with Crippen molar-refractivity contribution in [2.24, 2.45) is 0 Å². The fourth-order valence-electron chi connectivity index (χ4n) is 3.61. The number of aromatic nitrogens is 1. The number of ether oxygens (including phenoxy) is 1. The minimum atomic E-state index is 0.0715. The molecule has 0 unspecified atom stereocenters. The van der Waals surface area contributed by atoms with Crippen LogP contribution in [0.3, 0.4) is 0 Å². The maximum Gasteiger partial charge on any atom is 0.256 e. The molecule has 1 aromatic heterocycles. The summed E-state index contributed by atoms with van der Waals surface area (Å²) in [4.78, 5) is 19.6. The highest BCUT2D eigenvalue weighted by atomic mass is 16.5. The van der Waals surface area contributed by atoms with Crippen molar-refractivity contribution in [2.45, 2.75) is 19.3 Å². The van der Waals surface area contributed by atoms with Crippen LogP contribution in [0.5, 0.6) is 5.75 Å². The Bertz CT molecular complexity index is 965. The van der Waals surface area contributed by atoms with Gasteiger partial charge in [-0.2, -0.15) is 0 Å². The number of hydrogen-bond donors (Lipinski definition) is 1. The Labute approximate surface area is 159 Å². The second kappa shape index (κ2) is 7.66. The first-order valence-corrected chi connectivity index (χ1v) is 9.35. The number of likely N-dealkylation sites (tertiary alicyclic amines) is 1. The first-order valence-electron chi connectivity index (χ1n) is 9.35. The summed E-state index contributed by atoms with van der Waals surface area (Å²) in [5.74, 6) is 1.53. The molecule has 1 amide bonds. The summed E-state index contributed by atoms with van der Waals surface area (Å²) in [7, 11) is 1.65. The Kier molecular flexibility index (Phi) is 4.92. The number of piperidine rings is 1. The molecule has 1 aliphatic rings. The number of carbonyl (C=O) groups excluding carboxylic acids is 1. The summed E-state index contributed by atoms with van der Waals surface area (Å²) in [5.41, 5.74) is 1.51. The fourth-order valence-corrected chi connectivity index (χ4v) is 3.61. The van der Waals surface area contributed by atoms with Crippen molar-refractivity contribution in [1.82, 2.24) is 9.88 Å². The van der Waals surface area contributed by atoms with Gasteiger partial charge in [0.1, 0.15) is 11.6 Å². The molecule has 0 spiro atoms. The zero-order valence-corrected chi connectivity index (χ0v) is 15.4. The van der Waals surface area contributed by atoms with E-state index in [0.717, 1.165) is 48.1 Å². The number of fused-ring (bicyclic) bond motifs is 1. The molecule has 27 heavy (non-hydrogen) atoms. The van der Waals surface area contributed by atoms with E-state index in [4.69, 9.17) is 4.74 Å². The minimum absolute atomic E-state index is 0.0715. The molecule has 2 heterocycles. The maximum atomic E-state index is 13.0. The zero-order chi connectivity index (χ0) is 18.6. The van der Waals surface area contributed by atoms with Crippen LogP contribution in [-0.4, -0.2) is 36.0 Å². The van der Waals surface area contributed by atoms with E-state index in [1.54, 1.807) is 13.3 Å². The molecule has 0 aliphatic carbocycles. The Morgan fingerprint density at radius 2 is 1.70 bits per heavy atom. The van der Waals surface area contributed by atoms with E-state index in [-0.39, 0.29) is 5.91 Å². The molecule has 2 aromatic carbocycles. The summed E-state index contributed by atoms with van der Waals surface area (Å²) in [6.45, 7) is 1.66. The Balaban J connectivity index is 1.73. The zero-order valence-electron chi connectivity index (χ0n) is 15.4. The van der Waals surface area contributed by atoms with Crippen LogP contribution in [0.25, 0.3) is 10.8 Å². The minimum Gasteiger partial charge on any atom is -0.495 e. The van der Waals surface area contributed by atoms with Crippen molar-refractivity contribution >= 4 is 28.2 Å². The molecule has 3 aromatic rings. The molecule has 1 N–H and O–H groups in total. The van der Waals surface area contributed by atoms with Crippen LogP contribution < -0.4 is 10.1 Å². The van der Waals surface area contributed by atoms with Gasteiger partial charge < -0.3 is 15.0 Å². The molecule has 1 fully saturated rings. The number of rotatable bonds is 4. The van der Waals surface area contributed by atoms with E-state index in [1.807, 2.05) is 53.4 Å². The number of carbonyl (C=O) groups is 1. The SMILES string of the molecule is COc1ccccc1Nc1ncc(C(=O)N2CCCCC2)c2ccccc12. The monoisotopic (exact) mass is 361 g/mol. The number of methoxy groups -OCH3 is 1. The van der Waals surface area contributed by atoms with Crippen molar-refractivity contribution in [3.05, 3.63) is 60.3 Å². The van der Waals surface area contributed by atoms with Gasteiger partial charge in [-0.1, -0.05) is 36.4 Å². The van der Waals surface area contributed by atoms with E-state index in [1.165, 1.54) is 6.42 Å². The molecule has 0 bridgehead atoms. The topological polar surface area (TPSA) is 54.5 Å². The van der Waals surface area contributed by atoms with Crippen molar-refractivity contribution in [1.29, 1.82) is 0 Å². The number of para-hydroxylation sites is 2. The van der Waals surface area contributed by atoms with E-state index >= 15 is 0 Å². The first kappa shape index (κ1) is 17.3. The van der Waals surface area contributed by atoms with Gasteiger partial charge in [0, 0.05) is 24.7 Å². The number of amides is 1. The molecule has 1 aliphatic heterocycles. The highest BCUT2D eigenvalue weighted by molar-refractivity contribution is 6.09. The summed E-state index contributed by atoms with van der Waals surface area (Å²) < 4.78 is 5.42. The Morgan fingerprint density at radius 3 is 2.48 bits per heavy atom. The third-order valence-electron chi connectivity index (χ3n) is 5.03. The van der Waals surface area contributed by atoms with Crippen molar-refractivity contribution in [3.8, 4) is 5.75 Å². The predicted octanol–water partition coefficient (Wildman–Crippen LogP) is 4.61. The molecule has 0 radical (unpaired) electrons. The first-order chi connectivity index (χ1) is 13.3. The third kappa shape index (κ3) is 3.45. The summed E-state index contributed by atoms with van der Waals surface area (Å²) in [6.07, 6.45) is 5.04. The molecule has 5 heteroatoms. The molecular weight excluding hydrogens is 338 g/mol. The van der Waals surface area contributed by atoms with Gasteiger partial charge in [-0.25, -0.2) is 4.98 Å². The lowest BCUT2D eigenvalue weighted by Gasteiger charge is -2.27. The summed E-state index contributed by atoms with van der Waals surface area (Å²) in [6, 6.07) is 15.6. The van der Waals surface area contributed by atoms with E-state index in [9.17, 15) is 4.79 Å². The molecule has 1 saturated heterocycles. The average molecular weight is 361 g/mol. The van der Waals surface area contributed by atoms with Crippen LogP contribution in [0.4, 0.5) is 11.5 Å². The van der Waals surface area contributed by atoms with E-state index < -0.39 is 0 Å². The van der Waals surface area contributed by atoms with Crippen LogP contribution in [-0.2, 0) is 0 Å². The smallest absolute Gasteiger partial charge is 0.256 e. The highest BCUT2D eigenvalue weighted by Crippen LogP contribution is 2.31. The molecule has 5 nitrogen and oxygen atoms in total. The lowest BCUT2D eigenvalue weighted by atomic mass is 10.0. The standard InChI is InChI=1S/C22H23N3O2/c1-27-20-12-6-5-11-19(20)24-21-17-10-4-3-9-16(17)18(15-23-21)22(26)25-13-7-2-8-14-25/h3-6,9-12,15H,2,7-8,13-14H2,1H3,(H,23,24).